The Labute approximate surface area is 185 Å². The predicted octanol–water partition coefficient (Wildman–Crippen LogP) is 2.10. The molecule has 2 N–H and O–H groups in total. The zero-order valence-electron chi connectivity index (χ0n) is 17.1. The molecule has 1 aliphatic heterocycles. The van der Waals surface area contributed by atoms with Gasteiger partial charge in [-0.25, -0.2) is 8.42 Å². The van der Waals surface area contributed by atoms with E-state index in [1.54, 1.807) is 12.1 Å². The van der Waals surface area contributed by atoms with Gasteiger partial charge in [0.2, 0.25) is 15.9 Å². The van der Waals surface area contributed by atoms with Crippen molar-refractivity contribution < 1.29 is 23.1 Å². The van der Waals surface area contributed by atoms with Crippen LogP contribution < -0.4 is 5.32 Å². The van der Waals surface area contributed by atoms with Crippen molar-refractivity contribution in [2.45, 2.75) is 43.4 Å². The molecule has 1 unspecified atom stereocenters. The van der Waals surface area contributed by atoms with Gasteiger partial charge < -0.3 is 10.4 Å². The van der Waals surface area contributed by atoms with Crippen molar-refractivity contribution in [2.75, 3.05) is 19.6 Å². The number of sulfonamides is 1. The van der Waals surface area contributed by atoms with E-state index < -0.39 is 21.9 Å². The Morgan fingerprint density at radius 2 is 1.90 bits per heavy atom. The van der Waals surface area contributed by atoms with Crippen molar-refractivity contribution in [2.24, 2.45) is 17.8 Å². The summed E-state index contributed by atoms with van der Waals surface area (Å²) in [7, 11) is -3.77. The molecule has 2 aromatic rings. The van der Waals surface area contributed by atoms with Gasteiger partial charge in [0.05, 0.1) is 23.6 Å². The minimum atomic E-state index is -3.77. The fourth-order valence-electron chi connectivity index (χ4n) is 4.51. The fourth-order valence-corrected chi connectivity index (χ4v) is 6.78. The molecule has 11 heteroatoms. The van der Waals surface area contributed by atoms with Crippen molar-refractivity contribution >= 4 is 44.7 Å². The highest BCUT2D eigenvalue weighted by molar-refractivity contribution is 7.89. The first-order valence-corrected chi connectivity index (χ1v) is 12.7. The highest BCUT2D eigenvalue weighted by atomic mass is 32.2. The molecule has 1 saturated carbocycles. The highest BCUT2D eigenvalue weighted by Gasteiger charge is 2.35. The van der Waals surface area contributed by atoms with Gasteiger partial charge in [-0.1, -0.05) is 6.07 Å². The topological polar surface area (TPSA) is 130 Å². The van der Waals surface area contributed by atoms with Crippen LogP contribution >= 0.6 is 11.7 Å². The number of carboxylic acid groups (broad SMARTS) is 1. The number of nitrogens with one attached hydrogen (secondary N) is 1. The number of carbonyl (C=O) groups is 2. The largest absolute Gasteiger partial charge is 0.481 e. The molecule has 2 fully saturated rings. The molecule has 0 radical (unpaired) electrons. The van der Waals surface area contributed by atoms with Crippen LogP contribution in [0, 0.1) is 17.8 Å². The number of aromatic nitrogens is 2. The van der Waals surface area contributed by atoms with Crippen molar-refractivity contribution in [3.63, 3.8) is 0 Å². The maximum absolute atomic E-state index is 13.2. The van der Waals surface area contributed by atoms with Gasteiger partial charge in [-0.3, -0.25) is 9.59 Å². The fraction of sp³-hybridized carbons (Fsp3) is 0.600. The number of carbonyl (C=O) groups excluding carboxylic acids is 1. The zero-order chi connectivity index (χ0) is 22.0. The van der Waals surface area contributed by atoms with Crippen LogP contribution in [-0.4, -0.2) is 58.1 Å². The van der Waals surface area contributed by atoms with Gasteiger partial charge in [0.25, 0.3) is 0 Å². The summed E-state index contributed by atoms with van der Waals surface area (Å²) in [5.74, 6) is -1.27. The molecular weight excluding hydrogens is 440 g/mol. The molecule has 2 aliphatic rings. The standard InChI is InChI=1S/C20H26N4O5S2/c25-19(21-11-13-6-8-14(9-7-13)20(26)27)15-3-2-10-24(12-15)31(28,29)17-5-1-4-16-18(17)23-30-22-16/h1,4-5,13-15H,2-3,6-12H2,(H,21,25)(H,26,27). The maximum atomic E-state index is 13.2. The van der Waals surface area contributed by atoms with Crippen LogP contribution in [0.25, 0.3) is 11.0 Å². The summed E-state index contributed by atoms with van der Waals surface area (Å²) >= 11 is 0.977. The average Bonchev–Trinajstić information content (AvgIpc) is 3.26. The van der Waals surface area contributed by atoms with Crippen LogP contribution in [0.5, 0.6) is 0 Å². The summed E-state index contributed by atoms with van der Waals surface area (Å²) in [6, 6.07) is 4.92. The van der Waals surface area contributed by atoms with Crippen LogP contribution in [0.2, 0.25) is 0 Å². The van der Waals surface area contributed by atoms with Crippen LogP contribution in [0.15, 0.2) is 23.1 Å². The molecular formula is C20H26N4O5S2. The third kappa shape index (κ3) is 4.73. The minimum absolute atomic E-state index is 0.131. The smallest absolute Gasteiger partial charge is 0.306 e. The highest BCUT2D eigenvalue weighted by Crippen LogP contribution is 2.30. The zero-order valence-corrected chi connectivity index (χ0v) is 18.7. The van der Waals surface area contributed by atoms with Crippen LogP contribution in [0.3, 0.4) is 0 Å². The molecule has 4 rings (SSSR count). The number of piperidine rings is 1. The number of amides is 1. The van der Waals surface area contributed by atoms with Crippen LogP contribution in [-0.2, 0) is 19.6 Å². The van der Waals surface area contributed by atoms with E-state index in [0.717, 1.165) is 24.6 Å². The van der Waals surface area contributed by atoms with Crippen molar-refractivity contribution in [1.82, 2.24) is 18.4 Å². The third-order valence-corrected chi connectivity index (χ3v) is 8.82. The lowest BCUT2D eigenvalue weighted by molar-refractivity contribution is -0.143. The van der Waals surface area contributed by atoms with E-state index in [9.17, 15) is 18.0 Å². The van der Waals surface area contributed by atoms with Gasteiger partial charge in [-0.05, 0) is 56.6 Å². The molecule has 168 valence electrons. The van der Waals surface area contributed by atoms with Crippen molar-refractivity contribution in [3.8, 4) is 0 Å². The summed E-state index contributed by atoms with van der Waals surface area (Å²) in [5, 5.41) is 12.1. The summed E-state index contributed by atoms with van der Waals surface area (Å²) in [5.41, 5.74) is 0.922. The van der Waals surface area contributed by atoms with Gasteiger partial charge in [-0.2, -0.15) is 13.1 Å². The monoisotopic (exact) mass is 466 g/mol. The minimum Gasteiger partial charge on any atom is -0.481 e. The molecule has 1 atom stereocenters. The number of nitrogens with zero attached hydrogens (tertiary/aromatic N) is 3. The van der Waals surface area contributed by atoms with Crippen LogP contribution in [0.4, 0.5) is 0 Å². The number of benzene rings is 1. The normalized spacial score (nSPS) is 25.4. The molecule has 1 saturated heterocycles. The Kier molecular flexibility index (Phi) is 6.54. The first kappa shape index (κ1) is 22.1. The number of fused-ring (bicyclic) bond motifs is 1. The Morgan fingerprint density at radius 3 is 2.65 bits per heavy atom. The van der Waals surface area contributed by atoms with Crippen molar-refractivity contribution in [1.29, 1.82) is 0 Å². The number of carboxylic acids is 1. The summed E-state index contributed by atoms with van der Waals surface area (Å²) in [6.45, 7) is 1.03. The second kappa shape index (κ2) is 9.17. The number of hydrogen-bond acceptors (Lipinski definition) is 7. The second-order valence-electron chi connectivity index (χ2n) is 8.39. The molecule has 2 heterocycles. The summed E-state index contributed by atoms with van der Waals surface area (Å²) in [6.07, 6.45) is 4.12. The van der Waals surface area contributed by atoms with E-state index in [4.69, 9.17) is 5.11 Å². The Morgan fingerprint density at radius 1 is 1.13 bits per heavy atom. The lowest BCUT2D eigenvalue weighted by Gasteiger charge is -2.32. The molecule has 1 amide bonds. The van der Waals surface area contributed by atoms with Gasteiger partial charge in [-0.15, -0.1) is 0 Å². The Balaban J connectivity index is 1.36. The summed E-state index contributed by atoms with van der Waals surface area (Å²) < 4.78 is 36.1. The second-order valence-corrected chi connectivity index (χ2v) is 10.8. The summed E-state index contributed by atoms with van der Waals surface area (Å²) in [4.78, 5) is 24.0. The SMILES string of the molecule is O=C(O)C1CCC(CNC(=O)C2CCCN(S(=O)(=O)c3cccc4nsnc34)C2)CC1. The van der Waals surface area contributed by atoms with E-state index in [1.807, 2.05) is 0 Å². The van der Waals surface area contributed by atoms with E-state index in [1.165, 1.54) is 10.4 Å². The first-order valence-electron chi connectivity index (χ1n) is 10.6. The van der Waals surface area contributed by atoms with Gasteiger partial charge in [0.15, 0.2) is 0 Å². The van der Waals surface area contributed by atoms with Gasteiger partial charge in [0, 0.05) is 19.6 Å². The molecule has 1 aromatic carbocycles. The maximum Gasteiger partial charge on any atom is 0.306 e. The first-order chi connectivity index (χ1) is 14.9. The van der Waals surface area contributed by atoms with Crippen LogP contribution in [0.1, 0.15) is 38.5 Å². The number of aliphatic carboxylic acids is 1. The lowest BCUT2D eigenvalue weighted by Crippen LogP contribution is -2.46. The van der Waals surface area contributed by atoms with E-state index in [0.29, 0.717) is 49.8 Å². The lowest BCUT2D eigenvalue weighted by atomic mass is 9.82. The van der Waals surface area contributed by atoms with E-state index in [2.05, 4.69) is 14.1 Å². The molecule has 31 heavy (non-hydrogen) atoms. The molecule has 0 spiro atoms. The number of rotatable bonds is 6. The molecule has 0 bridgehead atoms. The molecule has 1 aliphatic carbocycles. The number of hydrogen-bond donors (Lipinski definition) is 2. The predicted molar refractivity (Wildman–Crippen MR) is 115 cm³/mol. The van der Waals surface area contributed by atoms with Crippen molar-refractivity contribution in [3.05, 3.63) is 18.2 Å². The van der Waals surface area contributed by atoms with Gasteiger partial charge in [0.1, 0.15) is 15.9 Å². The molecule has 9 nitrogen and oxygen atoms in total. The van der Waals surface area contributed by atoms with Gasteiger partial charge >= 0.3 is 5.97 Å². The third-order valence-electron chi connectivity index (χ3n) is 6.38. The quantitative estimate of drug-likeness (QED) is 0.667. The van der Waals surface area contributed by atoms with E-state index in [-0.39, 0.29) is 29.2 Å². The Bertz CT molecular complexity index is 1060. The van der Waals surface area contributed by atoms with E-state index >= 15 is 0 Å². The Hall–Kier alpha value is -2.11. The average molecular weight is 467 g/mol. The molecule has 1 aromatic heterocycles.